The van der Waals surface area contributed by atoms with Gasteiger partial charge in [-0.25, -0.2) is 0 Å². The van der Waals surface area contributed by atoms with Gasteiger partial charge in [0.25, 0.3) is 0 Å². The van der Waals surface area contributed by atoms with Crippen molar-refractivity contribution in [3.8, 4) is 0 Å². The fourth-order valence-electron chi connectivity index (χ4n) is 4.21. The molecule has 0 saturated carbocycles. The number of aliphatic hydroxyl groups is 2. The predicted molar refractivity (Wildman–Crippen MR) is 113 cm³/mol. The van der Waals surface area contributed by atoms with Crippen LogP contribution in [0.4, 0.5) is 5.69 Å². The van der Waals surface area contributed by atoms with Crippen LogP contribution in [0, 0.1) is 0 Å². The van der Waals surface area contributed by atoms with Crippen molar-refractivity contribution >= 4 is 35.2 Å². The molecule has 2 aromatic carbocycles. The summed E-state index contributed by atoms with van der Waals surface area (Å²) in [6.07, 6.45) is 1.50. The zero-order chi connectivity index (χ0) is 20.6. The Balaban J connectivity index is 2.15. The van der Waals surface area contributed by atoms with E-state index in [4.69, 9.17) is 23.2 Å². The summed E-state index contributed by atoms with van der Waals surface area (Å²) in [5.74, 6) is 0. The number of nitrogens with zero attached hydrogens (tertiary/aromatic N) is 1. The summed E-state index contributed by atoms with van der Waals surface area (Å²) in [6.45, 7) is 5.54. The number of fused-ring (bicyclic) bond motifs is 1. The van der Waals surface area contributed by atoms with E-state index in [0.29, 0.717) is 22.0 Å². The second kappa shape index (κ2) is 8.03. The summed E-state index contributed by atoms with van der Waals surface area (Å²) in [6, 6.07) is 9.22. The summed E-state index contributed by atoms with van der Waals surface area (Å²) in [5.41, 5.74) is 3.40. The lowest BCUT2D eigenvalue weighted by Gasteiger charge is -2.44. The molecule has 28 heavy (non-hydrogen) atoms. The smallest absolute Gasteiger partial charge is 0.124 e. The molecule has 0 aromatic heterocycles. The van der Waals surface area contributed by atoms with Crippen LogP contribution in [0.3, 0.4) is 0 Å². The van der Waals surface area contributed by atoms with Crippen molar-refractivity contribution in [3.05, 3.63) is 62.6 Å². The van der Waals surface area contributed by atoms with E-state index in [-0.39, 0.29) is 25.1 Å². The molecule has 3 rings (SSSR count). The fraction of sp³-hybridized carbons (Fsp3) is 0.409. The van der Waals surface area contributed by atoms with Crippen molar-refractivity contribution in [2.24, 2.45) is 0 Å². The van der Waals surface area contributed by atoms with Gasteiger partial charge in [-0.3, -0.25) is 0 Å². The van der Waals surface area contributed by atoms with E-state index in [0.717, 1.165) is 28.7 Å². The molecule has 0 spiro atoms. The minimum absolute atomic E-state index is 0.0636. The van der Waals surface area contributed by atoms with Crippen molar-refractivity contribution in [3.63, 3.8) is 0 Å². The number of halogens is 2. The van der Waals surface area contributed by atoms with Crippen LogP contribution in [-0.2, 0) is 23.2 Å². The molecule has 0 fully saturated rings. The molecule has 4 nitrogen and oxygen atoms in total. The zero-order valence-electron chi connectivity index (χ0n) is 16.2. The van der Waals surface area contributed by atoms with Gasteiger partial charge in [-0.15, -0.1) is 0 Å². The Bertz CT molecular complexity index is 892. The quantitative estimate of drug-likeness (QED) is 0.700. The number of benzene rings is 2. The third-order valence-corrected chi connectivity index (χ3v) is 6.29. The Morgan fingerprint density at radius 2 is 1.96 bits per heavy atom. The second-order valence-electron chi connectivity index (χ2n) is 7.79. The highest BCUT2D eigenvalue weighted by molar-refractivity contribution is 6.38. The second-order valence-corrected chi connectivity index (χ2v) is 8.57. The maximum atomic E-state index is 11.1. The Hall–Kier alpha value is -1.59. The Morgan fingerprint density at radius 1 is 1.25 bits per heavy atom. The van der Waals surface area contributed by atoms with Crippen molar-refractivity contribution in [2.45, 2.75) is 51.3 Å². The number of anilines is 1. The topological polar surface area (TPSA) is 60.8 Å². The first kappa shape index (κ1) is 21.1. The van der Waals surface area contributed by atoms with E-state index in [1.807, 2.05) is 24.3 Å². The van der Waals surface area contributed by atoms with Crippen LogP contribution in [-0.4, -0.2) is 29.1 Å². The maximum Gasteiger partial charge on any atom is 0.124 e. The van der Waals surface area contributed by atoms with E-state index in [1.54, 1.807) is 19.9 Å². The standard InChI is InChI=1S/C22H25Cl2NO3/c1-13-15-5-4-6-18(22(2,3)28)17(15)11-14(12-27)25(13)20-8-7-19(23)16(9-10-26)21(20)24/h4-8,10,13-14,27-28H,9,11-12H2,1-3H3/t13-,14+/m0/s1. The maximum absolute atomic E-state index is 11.1. The SMILES string of the molecule is C[C@H]1c2cccc(C(C)(C)O)c2C[C@H](CO)N1c1ccc(Cl)c(CC=O)c1Cl. The summed E-state index contributed by atoms with van der Waals surface area (Å²) >= 11 is 12.9. The highest BCUT2D eigenvalue weighted by atomic mass is 35.5. The zero-order valence-corrected chi connectivity index (χ0v) is 17.8. The molecule has 0 saturated heterocycles. The largest absolute Gasteiger partial charge is 0.394 e. The number of rotatable bonds is 5. The summed E-state index contributed by atoms with van der Waals surface area (Å²) in [7, 11) is 0. The molecule has 2 aromatic rings. The van der Waals surface area contributed by atoms with Gasteiger partial charge in [0.1, 0.15) is 6.29 Å². The van der Waals surface area contributed by atoms with Gasteiger partial charge in [-0.2, -0.15) is 0 Å². The van der Waals surface area contributed by atoms with Crippen molar-refractivity contribution in [1.29, 1.82) is 0 Å². The third-order valence-electron chi connectivity index (χ3n) is 5.51. The number of aldehydes is 1. The minimum atomic E-state index is -0.970. The lowest BCUT2D eigenvalue weighted by molar-refractivity contribution is -0.107. The molecule has 1 aliphatic rings. The monoisotopic (exact) mass is 421 g/mol. The Labute approximate surface area is 175 Å². The normalized spacial score (nSPS) is 19.5. The van der Waals surface area contributed by atoms with Gasteiger partial charge in [0, 0.05) is 11.4 Å². The van der Waals surface area contributed by atoms with Gasteiger partial charge in [-0.05, 0) is 61.6 Å². The summed E-state index contributed by atoms with van der Waals surface area (Å²) in [4.78, 5) is 13.1. The molecule has 0 bridgehead atoms. The first-order chi connectivity index (χ1) is 13.2. The fourth-order valence-corrected chi connectivity index (χ4v) is 4.83. The van der Waals surface area contributed by atoms with Crippen molar-refractivity contribution < 1.29 is 15.0 Å². The van der Waals surface area contributed by atoms with Crippen molar-refractivity contribution in [1.82, 2.24) is 0 Å². The molecule has 0 unspecified atom stereocenters. The Morgan fingerprint density at radius 3 is 2.57 bits per heavy atom. The molecule has 1 aliphatic heterocycles. The van der Waals surface area contributed by atoms with E-state index >= 15 is 0 Å². The lowest BCUT2D eigenvalue weighted by Crippen LogP contribution is -2.46. The van der Waals surface area contributed by atoms with E-state index in [2.05, 4.69) is 11.8 Å². The first-order valence-corrected chi connectivity index (χ1v) is 10.1. The molecule has 0 radical (unpaired) electrons. The summed E-state index contributed by atoms with van der Waals surface area (Å²) < 4.78 is 0. The lowest BCUT2D eigenvalue weighted by atomic mass is 9.81. The third kappa shape index (κ3) is 3.67. The van der Waals surface area contributed by atoms with Gasteiger partial charge < -0.3 is 19.9 Å². The average molecular weight is 422 g/mol. The highest BCUT2D eigenvalue weighted by Gasteiger charge is 2.36. The van der Waals surface area contributed by atoms with Crippen LogP contribution in [0.15, 0.2) is 30.3 Å². The van der Waals surface area contributed by atoms with Crippen molar-refractivity contribution in [2.75, 3.05) is 11.5 Å². The van der Waals surface area contributed by atoms with Crippen LogP contribution in [0.1, 0.15) is 49.1 Å². The molecule has 0 aliphatic carbocycles. The molecular weight excluding hydrogens is 397 g/mol. The van der Waals surface area contributed by atoms with Gasteiger partial charge in [0.15, 0.2) is 0 Å². The van der Waals surface area contributed by atoms with E-state index in [9.17, 15) is 15.0 Å². The predicted octanol–water partition coefficient (Wildman–Crippen LogP) is 4.45. The molecule has 150 valence electrons. The number of hydrogen-bond donors (Lipinski definition) is 2. The van der Waals surface area contributed by atoms with Crippen LogP contribution in [0.5, 0.6) is 0 Å². The molecular formula is C22H25Cl2NO3. The van der Waals surface area contributed by atoms with Crippen LogP contribution >= 0.6 is 23.2 Å². The van der Waals surface area contributed by atoms with Crippen LogP contribution in [0.2, 0.25) is 10.0 Å². The number of hydrogen-bond acceptors (Lipinski definition) is 4. The number of carbonyl (C=O) groups excluding carboxylic acids is 1. The Kier molecular flexibility index (Phi) is 6.06. The minimum Gasteiger partial charge on any atom is -0.394 e. The average Bonchev–Trinajstić information content (AvgIpc) is 2.64. The van der Waals surface area contributed by atoms with Crippen LogP contribution < -0.4 is 4.90 Å². The molecule has 0 amide bonds. The van der Waals surface area contributed by atoms with E-state index < -0.39 is 5.60 Å². The highest BCUT2D eigenvalue weighted by Crippen LogP contribution is 2.44. The van der Waals surface area contributed by atoms with Gasteiger partial charge >= 0.3 is 0 Å². The number of carbonyl (C=O) groups is 1. The van der Waals surface area contributed by atoms with Gasteiger partial charge in [0.2, 0.25) is 0 Å². The molecule has 2 atom stereocenters. The molecule has 1 heterocycles. The van der Waals surface area contributed by atoms with Crippen LogP contribution in [0.25, 0.3) is 0 Å². The summed E-state index contributed by atoms with van der Waals surface area (Å²) in [5, 5.41) is 21.6. The van der Waals surface area contributed by atoms with Gasteiger partial charge in [-0.1, -0.05) is 41.4 Å². The molecule has 6 heteroatoms. The van der Waals surface area contributed by atoms with Gasteiger partial charge in [0.05, 0.1) is 35.0 Å². The number of aliphatic hydroxyl groups excluding tert-OH is 1. The first-order valence-electron chi connectivity index (χ1n) is 9.35. The van der Waals surface area contributed by atoms with E-state index in [1.165, 1.54) is 0 Å². The molecule has 2 N–H and O–H groups in total.